The quantitative estimate of drug-likeness (QED) is 0.818. The van der Waals surface area contributed by atoms with E-state index in [-0.39, 0.29) is 16.6 Å². The molecule has 2 rings (SSSR count). The molecule has 0 bridgehead atoms. The molecule has 0 saturated heterocycles. The monoisotopic (exact) mass is 296 g/mol. The van der Waals surface area contributed by atoms with Crippen LogP contribution in [0.25, 0.3) is 0 Å². The van der Waals surface area contributed by atoms with Crippen molar-refractivity contribution in [3.63, 3.8) is 0 Å². The first kappa shape index (κ1) is 15.1. The van der Waals surface area contributed by atoms with Gasteiger partial charge in [-0.15, -0.1) is 0 Å². The van der Waals surface area contributed by atoms with E-state index >= 15 is 0 Å². The molecule has 1 aromatic rings. The highest BCUT2D eigenvalue weighted by molar-refractivity contribution is 6.32. The van der Waals surface area contributed by atoms with Crippen molar-refractivity contribution in [2.75, 3.05) is 25.0 Å². The normalized spacial score (nSPS) is 15.3. The number of rotatable bonds is 5. The maximum Gasteiger partial charge on any atom is 0.287 e. The topological polar surface area (TPSA) is 59.0 Å². The van der Waals surface area contributed by atoms with E-state index in [0.717, 1.165) is 32.5 Å². The second-order valence-electron chi connectivity index (χ2n) is 5.21. The van der Waals surface area contributed by atoms with E-state index in [1.807, 2.05) is 13.8 Å². The fourth-order valence-electron chi connectivity index (χ4n) is 2.19. The Morgan fingerprint density at radius 2 is 2.35 bits per heavy atom. The van der Waals surface area contributed by atoms with E-state index in [9.17, 15) is 4.79 Å². The fourth-order valence-corrected chi connectivity index (χ4v) is 2.39. The summed E-state index contributed by atoms with van der Waals surface area (Å²) in [6, 6.07) is 0.00828. The molecule has 110 valence electrons. The molecule has 20 heavy (non-hydrogen) atoms. The van der Waals surface area contributed by atoms with Crippen molar-refractivity contribution in [1.82, 2.24) is 15.1 Å². The summed E-state index contributed by atoms with van der Waals surface area (Å²) in [4.78, 5) is 12.0. The van der Waals surface area contributed by atoms with Gasteiger partial charge in [0.1, 0.15) is 5.02 Å². The van der Waals surface area contributed by atoms with Gasteiger partial charge in [-0.05, 0) is 33.2 Å². The van der Waals surface area contributed by atoms with Crippen LogP contribution in [0, 0.1) is 0 Å². The molecule has 0 atom stereocenters. The SMILES string of the molecule is CC(C)n1ncc(NCCC2=CCNCC2)c(Cl)c1=O. The first-order valence-corrected chi connectivity index (χ1v) is 7.37. The molecule has 2 heterocycles. The highest BCUT2D eigenvalue weighted by Gasteiger charge is 2.11. The van der Waals surface area contributed by atoms with Gasteiger partial charge >= 0.3 is 0 Å². The number of halogens is 1. The summed E-state index contributed by atoms with van der Waals surface area (Å²) in [6.45, 7) is 6.56. The minimum Gasteiger partial charge on any atom is -0.382 e. The highest BCUT2D eigenvalue weighted by atomic mass is 35.5. The third-order valence-corrected chi connectivity index (χ3v) is 3.72. The lowest BCUT2D eigenvalue weighted by Gasteiger charge is -2.15. The summed E-state index contributed by atoms with van der Waals surface area (Å²) in [7, 11) is 0. The van der Waals surface area contributed by atoms with Crippen LogP contribution in [0.4, 0.5) is 5.69 Å². The van der Waals surface area contributed by atoms with Crippen LogP contribution in [0.15, 0.2) is 22.6 Å². The summed E-state index contributed by atoms with van der Waals surface area (Å²) in [5, 5.41) is 10.8. The van der Waals surface area contributed by atoms with Crippen molar-refractivity contribution in [3.8, 4) is 0 Å². The largest absolute Gasteiger partial charge is 0.382 e. The second-order valence-corrected chi connectivity index (χ2v) is 5.59. The molecular formula is C14H21ClN4O. The Morgan fingerprint density at radius 3 is 3.00 bits per heavy atom. The first-order valence-electron chi connectivity index (χ1n) is 6.99. The number of aromatic nitrogens is 2. The molecule has 1 aliphatic rings. The average Bonchev–Trinajstić information content (AvgIpc) is 2.44. The van der Waals surface area contributed by atoms with Gasteiger partial charge in [0.05, 0.1) is 17.9 Å². The van der Waals surface area contributed by atoms with E-state index in [1.54, 1.807) is 6.20 Å². The van der Waals surface area contributed by atoms with Crippen LogP contribution in [-0.4, -0.2) is 29.4 Å². The minimum absolute atomic E-state index is 0.00828. The van der Waals surface area contributed by atoms with Gasteiger partial charge in [-0.25, -0.2) is 4.68 Å². The number of hydrogen-bond acceptors (Lipinski definition) is 4. The summed E-state index contributed by atoms with van der Waals surface area (Å²) >= 11 is 6.10. The Labute approximate surface area is 124 Å². The van der Waals surface area contributed by atoms with E-state index < -0.39 is 0 Å². The molecule has 2 N–H and O–H groups in total. The van der Waals surface area contributed by atoms with Gasteiger partial charge in [0.2, 0.25) is 0 Å². The van der Waals surface area contributed by atoms with Gasteiger partial charge in [-0.1, -0.05) is 23.3 Å². The van der Waals surface area contributed by atoms with Gasteiger partial charge in [0.15, 0.2) is 0 Å². The molecule has 0 fully saturated rings. The molecule has 0 unspecified atom stereocenters. The maximum absolute atomic E-state index is 12.0. The van der Waals surface area contributed by atoms with Gasteiger partial charge < -0.3 is 10.6 Å². The van der Waals surface area contributed by atoms with Crippen molar-refractivity contribution < 1.29 is 0 Å². The summed E-state index contributed by atoms with van der Waals surface area (Å²) in [5.74, 6) is 0. The number of nitrogens with one attached hydrogen (secondary N) is 2. The molecule has 0 spiro atoms. The second kappa shape index (κ2) is 6.90. The minimum atomic E-state index is -0.243. The molecule has 1 aromatic heterocycles. The van der Waals surface area contributed by atoms with E-state index in [2.05, 4.69) is 21.8 Å². The van der Waals surface area contributed by atoms with Crippen molar-refractivity contribution in [2.45, 2.75) is 32.7 Å². The van der Waals surface area contributed by atoms with Crippen LogP contribution in [0.5, 0.6) is 0 Å². The van der Waals surface area contributed by atoms with Crippen LogP contribution >= 0.6 is 11.6 Å². The predicted octanol–water partition coefficient (Wildman–Crippen LogP) is 2.20. The van der Waals surface area contributed by atoms with Crippen LogP contribution < -0.4 is 16.2 Å². The third-order valence-electron chi connectivity index (χ3n) is 3.35. The number of anilines is 1. The molecule has 0 amide bonds. The molecule has 1 aliphatic heterocycles. The van der Waals surface area contributed by atoms with Gasteiger partial charge in [-0.3, -0.25) is 4.79 Å². The van der Waals surface area contributed by atoms with Gasteiger partial charge in [0.25, 0.3) is 5.56 Å². The van der Waals surface area contributed by atoms with Gasteiger partial charge in [0, 0.05) is 13.1 Å². The van der Waals surface area contributed by atoms with E-state index in [4.69, 9.17) is 11.6 Å². The van der Waals surface area contributed by atoms with Crippen LogP contribution in [-0.2, 0) is 0 Å². The zero-order chi connectivity index (χ0) is 14.5. The Hall–Kier alpha value is -1.33. The lowest BCUT2D eigenvalue weighted by molar-refractivity contribution is 0.503. The standard InChI is InChI=1S/C14H21ClN4O/c1-10(2)19-14(20)13(15)12(9-18-19)17-8-5-11-3-6-16-7-4-11/h3,9-10,16-17H,4-8H2,1-2H3. The Kier molecular flexibility index (Phi) is 5.20. The maximum atomic E-state index is 12.0. The molecule has 0 aromatic carbocycles. The van der Waals surface area contributed by atoms with Crippen LogP contribution in [0.2, 0.25) is 5.02 Å². The van der Waals surface area contributed by atoms with Gasteiger partial charge in [-0.2, -0.15) is 5.10 Å². The number of hydrogen-bond donors (Lipinski definition) is 2. The Balaban J connectivity index is 1.98. The Morgan fingerprint density at radius 1 is 1.55 bits per heavy atom. The molecule has 0 radical (unpaired) electrons. The van der Waals surface area contributed by atoms with Crippen molar-refractivity contribution in [2.24, 2.45) is 0 Å². The zero-order valence-corrected chi connectivity index (χ0v) is 12.7. The first-order chi connectivity index (χ1) is 9.59. The molecular weight excluding hydrogens is 276 g/mol. The fraction of sp³-hybridized carbons (Fsp3) is 0.571. The summed E-state index contributed by atoms with van der Waals surface area (Å²) in [6.07, 6.45) is 5.90. The molecule has 0 aliphatic carbocycles. The van der Waals surface area contributed by atoms with Crippen LogP contribution in [0.3, 0.4) is 0 Å². The smallest absolute Gasteiger partial charge is 0.287 e. The summed E-state index contributed by atoms with van der Waals surface area (Å²) < 4.78 is 1.39. The Bertz CT molecular complexity index is 551. The lowest BCUT2D eigenvalue weighted by atomic mass is 10.1. The average molecular weight is 297 g/mol. The van der Waals surface area contributed by atoms with Crippen LogP contribution in [0.1, 0.15) is 32.7 Å². The van der Waals surface area contributed by atoms with Crippen molar-refractivity contribution in [1.29, 1.82) is 0 Å². The summed E-state index contributed by atoms with van der Waals surface area (Å²) in [5.41, 5.74) is 1.81. The van der Waals surface area contributed by atoms with Crippen molar-refractivity contribution >= 4 is 17.3 Å². The lowest BCUT2D eigenvalue weighted by Crippen LogP contribution is -2.26. The molecule has 5 nitrogen and oxygen atoms in total. The predicted molar refractivity (Wildman–Crippen MR) is 82.6 cm³/mol. The molecule has 0 saturated carbocycles. The van der Waals surface area contributed by atoms with E-state index in [1.165, 1.54) is 10.3 Å². The van der Waals surface area contributed by atoms with Crippen molar-refractivity contribution in [3.05, 3.63) is 33.2 Å². The zero-order valence-electron chi connectivity index (χ0n) is 11.9. The number of nitrogens with zero attached hydrogens (tertiary/aromatic N) is 2. The van der Waals surface area contributed by atoms with E-state index in [0.29, 0.717) is 5.69 Å². The molecule has 6 heteroatoms. The highest BCUT2D eigenvalue weighted by Crippen LogP contribution is 2.17. The third kappa shape index (κ3) is 3.61.